The summed E-state index contributed by atoms with van der Waals surface area (Å²) in [5.74, 6) is -3.91. The zero-order chi connectivity index (χ0) is 14.9. The van der Waals surface area contributed by atoms with E-state index in [4.69, 9.17) is 10.8 Å². The highest BCUT2D eigenvalue weighted by Gasteiger charge is 2.29. The molecule has 2 unspecified atom stereocenters. The number of carbonyl (C=O) groups is 1. The lowest BCUT2D eigenvalue weighted by atomic mass is 9.96. The minimum atomic E-state index is -1.48. The normalized spacial score (nSPS) is 20.8. The Labute approximate surface area is 116 Å². The number of hydrogen-bond donors (Lipinski definition) is 2. The van der Waals surface area contributed by atoms with E-state index in [-0.39, 0.29) is 17.8 Å². The molecule has 1 aliphatic heterocycles. The molecule has 1 heterocycles. The molecule has 4 nitrogen and oxygen atoms in total. The van der Waals surface area contributed by atoms with E-state index in [1.807, 2.05) is 6.92 Å². The van der Waals surface area contributed by atoms with Gasteiger partial charge < -0.3 is 15.7 Å². The number of rotatable bonds is 3. The van der Waals surface area contributed by atoms with Gasteiger partial charge in [-0.15, -0.1) is 0 Å². The molecule has 6 heteroatoms. The summed E-state index contributed by atoms with van der Waals surface area (Å²) in [7, 11) is 0. The third-order valence-electron chi connectivity index (χ3n) is 3.76. The first kappa shape index (κ1) is 14.7. The van der Waals surface area contributed by atoms with Crippen LogP contribution in [0.15, 0.2) is 12.1 Å². The molecule has 2 rings (SSSR count). The predicted octanol–water partition coefficient (Wildman–Crippen LogP) is 2.37. The van der Waals surface area contributed by atoms with Gasteiger partial charge in [-0.2, -0.15) is 0 Å². The molecule has 0 aromatic heterocycles. The Morgan fingerprint density at radius 2 is 2.10 bits per heavy atom. The van der Waals surface area contributed by atoms with Crippen LogP contribution in [0.1, 0.15) is 36.5 Å². The number of benzene rings is 1. The first-order chi connectivity index (χ1) is 9.43. The second kappa shape index (κ2) is 5.75. The van der Waals surface area contributed by atoms with E-state index in [0.717, 1.165) is 25.3 Å². The summed E-state index contributed by atoms with van der Waals surface area (Å²) in [6.07, 6.45) is 2.70. The van der Waals surface area contributed by atoms with Gasteiger partial charge in [0, 0.05) is 18.6 Å². The topological polar surface area (TPSA) is 66.6 Å². The molecule has 1 saturated heterocycles. The van der Waals surface area contributed by atoms with Crippen molar-refractivity contribution in [3.05, 3.63) is 29.3 Å². The van der Waals surface area contributed by atoms with Crippen LogP contribution in [-0.2, 0) is 0 Å². The van der Waals surface area contributed by atoms with Crippen molar-refractivity contribution >= 4 is 11.7 Å². The van der Waals surface area contributed by atoms with E-state index in [0.29, 0.717) is 6.54 Å². The SMILES string of the molecule is CC(N)C1CCCCN1c1ccc(C(=O)O)c(F)c1F. The molecule has 0 aliphatic carbocycles. The molecule has 1 aliphatic rings. The minimum Gasteiger partial charge on any atom is -0.478 e. The first-order valence-electron chi connectivity index (χ1n) is 6.67. The minimum absolute atomic E-state index is 0.0617. The zero-order valence-corrected chi connectivity index (χ0v) is 11.3. The summed E-state index contributed by atoms with van der Waals surface area (Å²) in [6, 6.07) is 2.19. The average molecular weight is 284 g/mol. The molecule has 0 amide bonds. The van der Waals surface area contributed by atoms with Crippen LogP contribution in [0.5, 0.6) is 0 Å². The number of piperidine rings is 1. The van der Waals surface area contributed by atoms with Gasteiger partial charge in [-0.05, 0) is 38.3 Å². The molecule has 20 heavy (non-hydrogen) atoms. The predicted molar refractivity (Wildman–Crippen MR) is 72.0 cm³/mol. The molecular weight excluding hydrogens is 266 g/mol. The Kier molecular flexibility index (Phi) is 4.23. The Balaban J connectivity index is 2.41. The van der Waals surface area contributed by atoms with Crippen molar-refractivity contribution < 1.29 is 18.7 Å². The summed E-state index contributed by atoms with van der Waals surface area (Å²) in [6.45, 7) is 2.43. The molecule has 2 atom stereocenters. The van der Waals surface area contributed by atoms with Crippen LogP contribution in [-0.4, -0.2) is 29.7 Å². The number of nitrogens with zero attached hydrogens (tertiary/aromatic N) is 1. The first-order valence-corrected chi connectivity index (χ1v) is 6.67. The molecule has 0 radical (unpaired) electrons. The number of carboxylic acid groups (broad SMARTS) is 1. The largest absolute Gasteiger partial charge is 0.478 e. The summed E-state index contributed by atoms with van der Waals surface area (Å²) in [5.41, 5.74) is 5.35. The zero-order valence-electron chi connectivity index (χ0n) is 11.3. The third kappa shape index (κ3) is 2.60. The number of carboxylic acids is 1. The Hall–Kier alpha value is -1.69. The molecule has 1 fully saturated rings. The van der Waals surface area contributed by atoms with Crippen molar-refractivity contribution in [3.63, 3.8) is 0 Å². The van der Waals surface area contributed by atoms with E-state index in [2.05, 4.69) is 0 Å². The molecule has 1 aromatic carbocycles. The van der Waals surface area contributed by atoms with Gasteiger partial charge in [-0.25, -0.2) is 13.6 Å². The van der Waals surface area contributed by atoms with Gasteiger partial charge >= 0.3 is 5.97 Å². The van der Waals surface area contributed by atoms with Crippen molar-refractivity contribution in [3.8, 4) is 0 Å². The summed E-state index contributed by atoms with van der Waals surface area (Å²) in [4.78, 5) is 12.5. The summed E-state index contributed by atoms with van der Waals surface area (Å²) >= 11 is 0. The quantitative estimate of drug-likeness (QED) is 0.894. The maximum Gasteiger partial charge on any atom is 0.338 e. The van der Waals surface area contributed by atoms with Gasteiger partial charge in [0.25, 0.3) is 0 Å². The van der Waals surface area contributed by atoms with E-state index in [9.17, 15) is 13.6 Å². The Morgan fingerprint density at radius 1 is 1.40 bits per heavy atom. The number of hydrogen-bond acceptors (Lipinski definition) is 3. The molecule has 110 valence electrons. The van der Waals surface area contributed by atoms with Crippen LogP contribution in [0.25, 0.3) is 0 Å². The van der Waals surface area contributed by atoms with E-state index in [1.165, 1.54) is 6.07 Å². The standard InChI is InChI=1S/C14H18F2N2O2/c1-8(17)10-4-2-3-7-18(10)11-6-5-9(14(19)20)12(15)13(11)16/h5-6,8,10H,2-4,7,17H2,1H3,(H,19,20). The molecule has 0 spiro atoms. The average Bonchev–Trinajstić information content (AvgIpc) is 2.41. The van der Waals surface area contributed by atoms with Gasteiger partial charge in [0.15, 0.2) is 11.6 Å². The maximum atomic E-state index is 14.1. The van der Waals surface area contributed by atoms with Gasteiger partial charge in [0.1, 0.15) is 0 Å². The van der Waals surface area contributed by atoms with Gasteiger partial charge in [0.05, 0.1) is 11.3 Å². The second-order valence-electron chi connectivity index (χ2n) is 5.18. The number of anilines is 1. The lowest BCUT2D eigenvalue weighted by molar-refractivity contribution is 0.0690. The lowest BCUT2D eigenvalue weighted by Crippen LogP contribution is -2.49. The third-order valence-corrected chi connectivity index (χ3v) is 3.76. The van der Waals surface area contributed by atoms with Crippen molar-refractivity contribution in [2.45, 2.75) is 38.3 Å². The molecule has 1 aromatic rings. The fourth-order valence-corrected chi connectivity index (χ4v) is 2.73. The molecular formula is C14H18F2N2O2. The Bertz CT molecular complexity index is 520. The van der Waals surface area contributed by atoms with Crippen molar-refractivity contribution in [2.24, 2.45) is 5.73 Å². The van der Waals surface area contributed by atoms with Gasteiger partial charge in [-0.1, -0.05) is 0 Å². The molecule has 3 N–H and O–H groups in total. The maximum absolute atomic E-state index is 14.1. The van der Waals surface area contributed by atoms with Crippen LogP contribution in [0.3, 0.4) is 0 Å². The van der Waals surface area contributed by atoms with Crippen LogP contribution >= 0.6 is 0 Å². The van der Waals surface area contributed by atoms with Crippen LogP contribution in [0.2, 0.25) is 0 Å². The van der Waals surface area contributed by atoms with E-state index in [1.54, 1.807) is 4.90 Å². The van der Waals surface area contributed by atoms with Gasteiger partial charge in [0.2, 0.25) is 0 Å². The number of nitrogens with two attached hydrogens (primary N) is 1. The van der Waals surface area contributed by atoms with Crippen LogP contribution < -0.4 is 10.6 Å². The van der Waals surface area contributed by atoms with Gasteiger partial charge in [-0.3, -0.25) is 0 Å². The van der Waals surface area contributed by atoms with Crippen molar-refractivity contribution in [1.82, 2.24) is 0 Å². The Morgan fingerprint density at radius 3 is 2.70 bits per heavy atom. The lowest BCUT2D eigenvalue weighted by Gasteiger charge is -2.40. The number of aromatic carboxylic acids is 1. The van der Waals surface area contributed by atoms with Crippen LogP contribution in [0, 0.1) is 11.6 Å². The summed E-state index contributed by atoms with van der Waals surface area (Å²) < 4.78 is 27.9. The highest BCUT2D eigenvalue weighted by atomic mass is 19.2. The van der Waals surface area contributed by atoms with Crippen molar-refractivity contribution in [2.75, 3.05) is 11.4 Å². The smallest absolute Gasteiger partial charge is 0.338 e. The van der Waals surface area contributed by atoms with E-state index >= 15 is 0 Å². The number of halogens is 2. The van der Waals surface area contributed by atoms with Crippen LogP contribution in [0.4, 0.5) is 14.5 Å². The molecule has 0 bridgehead atoms. The molecule has 0 saturated carbocycles. The monoisotopic (exact) mass is 284 g/mol. The fraction of sp³-hybridized carbons (Fsp3) is 0.500. The van der Waals surface area contributed by atoms with Crippen molar-refractivity contribution in [1.29, 1.82) is 0 Å². The van der Waals surface area contributed by atoms with E-state index < -0.39 is 23.2 Å². The second-order valence-corrected chi connectivity index (χ2v) is 5.18. The fourth-order valence-electron chi connectivity index (χ4n) is 2.73. The highest BCUT2D eigenvalue weighted by molar-refractivity contribution is 5.88. The summed E-state index contributed by atoms with van der Waals surface area (Å²) in [5, 5.41) is 8.79. The highest BCUT2D eigenvalue weighted by Crippen LogP contribution is 2.30.